The van der Waals surface area contributed by atoms with E-state index in [1.807, 2.05) is 6.92 Å². The van der Waals surface area contributed by atoms with Gasteiger partial charge in [-0.2, -0.15) is 8.42 Å². The number of aliphatic carboxylic acids is 1. The summed E-state index contributed by atoms with van der Waals surface area (Å²) in [5.74, 6) is -1.62. The molecular weight excluding hydrogens is 387 g/mol. The van der Waals surface area contributed by atoms with E-state index in [0.717, 1.165) is 5.56 Å². The second-order valence-electron chi connectivity index (χ2n) is 6.99. The Morgan fingerprint density at radius 2 is 1.80 bits per heavy atom. The molecule has 3 atom stereocenters. The fraction of sp³-hybridized carbons (Fsp3) is 0.588. The summed E-state index contributed by atoms with van der Waals surface area (Å²) in [5.41, 5.74) is -0.909. The summed E-state index contributed by atoms with van der Waals surface area (Å²) in [6, 6.07) is 6.17. The van der Waals surface area contributed by atoms with Crippen LogP contribution in [0.15, 0.2) is 29.2 Å². The monoisotopic (exact) mass is 408 g/mol. The highest BCUT2D eigenvalue weighted by molar-refractivity contribution is 7.86. The van der Waals surface area contributed by atoms with Crippen LogP contribution in [-0.2, 0) is 19.1 Å². The molecule has 0 saturated heterocycles. The Morgan fingerprint density at radius 1 is 1.28 bits per heavy atom. The van der Waals surface area contributed by atoms with E-state index in [1.165, 1.54) is 12.1 Å². The van der Waals surface area contributed by atoms with Crippen LogP contribution in [-0.4, -0.2) is 30.4 Å². The molecule has 0 spiro atoms. The molecule has 8 heteroatoms. The molecule has 0 bridgehead atoms. The first-order chi connectivity index (χ1) is 11.4. The highest BCUT2D eigenvalue weighted by Gasteiger charge is 2.78. The summed E-state index contributed by atoms with van der Waals surface area (Å²) in [6.07, 6.45) is -0.828. The van der Waals surface area contributed by atoms with Gasteiger partial charge in [-0.3, -0.25) is 8.98 Å². The van der Waals surface area contributed by atoms with Gasteiger partial charge in [-0.15, -0.1) is 23.2 Å². The van der Waals surface area contributed by atoms with Crippen LogP contribution in [0.1, 0.15) is 32.8 Å². The van der Waals surface area contributed by atoms with Crippen molar-refractivity contribution in [1.82, 2.24) is 0 Å². The first-order valence-corrected chi connectivity index (χ1v) is 10.2. The summed E-state index contributed by atoms with van der Waals surface area (Å²) in [6.45, 7) is 7.11. The number of alkyl halides is 2. The van der Waals surface area contributed by atoms with Crippen LogP contribution in [0.4, 0.5) is 0 Å². The molecule has 0 aliphatic heterocycles. The lowest BCUT2D eigenvalue weighted by Gasteiger charge is -2.21. The number of aryl methyl sites for hydroxylation is 1. The van der Waals surface area contributed by atoms with Crippen LogP contribution in [0.2, 0.25) is 0 Å². The number of carboxylic acids is 1. The molecule has 0 aromatic heterocycles. The van der Waals surface area contributed by atoms with Crippen molar-refractivity contribution < 1.29 is 22.5 Å². The normalized spacial score (nSPS) is 26.4. The molecule has 1 aromatic carbocycles. The van der Waals surface area contributed by atoms with Gasteiger partial charge in [-0.1, -0.05) is 38.5 Å². The maximum atomic E-state index is 12.6. The number of benzene rings is 1. The number of hydrogen-bond acceptors (Lipinski definition) is 4. The largest absolute Gasteiger partial charge is 0.481 e. The van der Waals surface area contributed by atoms with Crippen molar-refractivity contribution in [3.05, 3.63) is 29.8 Å². The van der Waals surface area contributed by atoms with Gasteiger partial charge in [0.15, 0.2) is 0 Å². The smallest absolute Gasteiger partial charge is 0.310 e. The summed E-state index contributed by atoms with van der Waals surface area (Å²) >= 11 is 12.0. The van der Waals surface area contributed by atoms with Gasteiger partial charge in [0.05, 0.1) is 10.3 Å². The Hall–Kier alpha value is -0.820. The molecule has 3 unspecified atom stereocenters. The molecule has 1 aliphatic rings. The van der Waals surface area contributed by atoms with E-state index in [0.29, 0.717) is 6.42 Å². The number of hydrogen-bond donors (Lipinski definition) is 1. The van der Waals surface area contributed by atoms with Crippen LogP contribution in [0.25, 0.3) is 0 Å². The highest BCUT2D eigenvalue weighted by Crippen LogP contribution is 2.73. The minimum absolute atomic E-state index is 0.0204. The fourth-order valence-electron chi connectivity index (χ4n) is 3.97. The van der Waals surface area contributed by atoms with Crippen LogP contribution in [0, 0.1) is 23.7 Å². The lowest BCUT2D eigenvalue weighted by Crippen LogP contribution is -2.31. The van der Waals surface area contributed by atoms with Crippen molar-refractivity contribution in [3.63, 3.8) is 0 Å². The zero-order chi connectivity index (χ0) is 19.2. The average molecular weight is 409 g/mol. The number of carboxylic acid groups (broad SMARTS) is 1. The third-order valence-electron chi connectivity index (χ3n) is 5.44. The van der Waals surface area contributed by atoms with Gasteiger partial charge in [0.2, 0.25) is 0 Å². The Kier molecular flexibility index (Phi) is 5.51. The van der Waals surface area contributed by atoms with Crippen LogP contribution < -0.4 is 0 Å². The first-order valence-electron chi connectivity index (χ1n) is 7.93. The Balaban J connectivity index is 2.37. The Labute approximate surface area is 158 Å². The second kappa shape index (κ2) is 6.72. The third kappa shape index (κ3) is 3.29. The van der Waals surface area contributed by atoms with Crippen molar-refractivity contribution >= 4 is 39.3 Å². The molecule has 2 rings (SSSR count). The summed E-state index contributed by atoms with van der Waals surface area (Å²) in [4.78, 5) is 10.6. The van der Waals surface area contributed by atoms with E-state index >= 15 is 0 Å². The number of halogens is 2. The molecule has 25 heavy (non-hydrogen) atoms. The summed E-state index contributed by atoms with van der Waals surface area (Å²) < 4.78 is 30.5. The maximum Gasteiger partial charge on any atom is 0.310 e. The molecule has 1 aromatic rings. The standard InChI is InChI=1S/C17H22Cl2O5S/c1-5-17(15(20)21)13(16(17,3)4)12(14(18)19)24-25(22,23)11-8-6-10(2)7-9-11/h6-9,12-14H,5H2,1-4H3,(H,20,21). The molecular formula is C17H22Cl2O5S. The van der Waals surface area contributed by atoms with Crippen molar-refractivity contribution in [2.24, 2.45) is 16.7 Å². The van der Waals surface area contributed by atoms with Crippen LogP contribution >= 0.6 is 23.2 Å². The molecule has 1 aliphatic carbocycles. The van der Waals surface area contributed by atoms with Crippen molar-refractivity contribution in [2.45, 2.75) is 50.0 Å². The van der Waals surface area contributed by atoms with Crippen molar-refractivity contribution in [1.29, 1.82) is 0 Å². The molecule has 5 nitrogen and oxygen atoms in total. The topological polar surface area (TPSA) is 80.7 Å². The molecule has 1 N–H and O–H groups in total. The van der Waals surface area contributed by atoms with E-state index in [-0.39, 0.29) is 4.90 Å². The van der Waals surface area contributed by atoms with Crippen molar-refractivity contribution in [3.8, 4) is 0 Å². The fourth-order valence-corrected chi connectivity index (χ4v) is 5.58. The predicted molar refractivity (Wildman–Crippen MR) is 96.4 cm³/mol. The number of carbonyl (C=O) groups is 1. The highest BCUT2D eigenvalue weighted by atomic mass is 35.5. The minimum atomic E-state index is -4.12. The Bertz CT molecular complexity index is 758. The second-order valence-corrected chi connectivity index (χ2v) is 9.73. The molecule has 0 heterocycles. The van der Waals surface area contributed by atoms with Gasteiger partial charge in [0, 0.05) is 5.92 Å². The van der Waals surface area contributed by atoms with Gasteiger partial charge in [0.25, 0.3) is 10.1 Å². The molecule has 0 amide bonds. The minimum Gasteiger partial charge on any atom is -0.481 e. The van der Waals surface area contributed by atoms with Crippen LogP contribution in [0.5, 0.6) is 0 Å². The van der Waals surface area contributed by atoms with Crippen molar-refractivity contribution in [2.75, 3.05) is 0 Å². The van der Waals surface area contributed by atoms with E-state index in [4.69, 9.17) is 27.4 Å². The molecule has 140 valence electrons. The molecule has 1 fully saturated rings. The van der Waals surface area contributed by atoms with E-state index < -0.39 is 43.8 Å². The SMILES string of the molecule is CCC1(C(=O)O)C(C(OS(=O)(=O)c2ccc(C)cc2)C(Cl)Cl)C1(C)C. The Morgan fingerprint density at radius 3 is 2.16 bits per heavy atom. The maximum absolute atomic E-state index is 12.6. The van der Waals surface area contributed by atoms with Gasteiger partial charge < -0.3 is 5.11 Å². The van der Waals surface area contributed by atoms with Crippen LogP contribution in [0.3, 0.4) is 0 Å². The molecule has 1 saturated carbocycles. The first kappa shape index (κ1) is 20.5. The van der Waals surface area contributed by atoms with E-state index in [2.05, 4.69) is 0 Å². The lowest BCUT2D eigenvalue weighted by molar-refractivity contribution is -0.145. The van der Waals surface area contributed by atoms with Gasteiger partial charge in [-0.25, -0.2) is 0 Å². The number of rotatable bonds is 7. The zero-order valence-electron chi connectivity index (χ0n) is 14.5. The third-order valence-corrected chi connectivity index (χ3v) is 7.26. The zero-order valence-corrected chi connectivity index (χ0v) is 16.8. The summed E-state index contributed by atoms with van der Waals surface area (Å²) in [5, 5.41) is 9.70. The lowest BCUT2D eigenvalue weighted by atomic mass is 9.93. The van der Waals surface area contributed by atoms with Gasteiger partial charge in [-0.05, 0) is 30.9 Å². The quantitative estimate of drug-likeness (QED) is 0.544. The average Bonchev–Trinajstić information content (AvgIpc) is 3.01. The van der Waals surface area contributed by atoms with E-state index in [9.17, 15) is 18.3 Å². The van der Waals surface area contributed by atoms with Gasteiger partial charge >= 0.3 is 5.97 Å². The summed E-state index contributed by atoms with van der Waals surface area (Å²) in [7, 11) is -4.12. The predicted octanol–water partition coefficient (Wildman–Crippen LogP) is 4.01. The van der Waals surface area contributed by atoms with E-state index in [1.54, 1.807) is 32.9 Å². The van der Waals surface area contributed by atoms with Gasteiger partial charge in [0.1, 0.15) is 10.9 Å². The molecule has 0 radical (unpaired) electrons.